The molecule has 0 unspecified atom stereocenters. The van der Waals surface area contributed by atoms with Gasteiger partial charge in [0.2, 0.25) is 10.0 Å². The lowest BCUT2D eigenvalue weighted by Crippen LogP contribution is -2.31. The van der Waals surface area contributed by atoms with Gasteiger partial charge in [-0.1, -0.05) is 30.3 Å². The number of nitrogens with zero attached hydrogens (tertiary/aromatic N) is 1. The van der Waals surface area contributed by atoms with Gasteiger partial charge in [0.05, 0.1) is 14.2 Å². The maximum absolute atomic E-state index is 12.3. The van der Waals surface area contributed by atoms with Gasteiger partial charge in [-0.25, -0.2) is 8.42 Å². The Hall–Kier alpha value is -2.84. The standard InChI is InChI=1S/C20H23NO6S/c1-21(28(23,24)12-11-16-7-5-4-6-8-16)14-20(22)27-15-17-13-18(25-2)9-10-19(17)26-3/h4-13H,14-15H2,1-3H3/b12-11+. The van der Waals surface area contributed by atoms with Gasteiger partial charge >= 0.3 is 5.97 Å². The van der Waals surface area contributed by atoms with E-state index in [1.165, 1.54) is 27.3 Å². The lowest BCUT2D eigenvalue weighted by Gasteiger charge is -2.15. The molecule has 0 fully saturated rings. The van der Waals surface area contributed by atoms with Crippen molar-refractivity contribution in [1.29, 1.82) is 0 Å². The monoisotopic (exact) mass is 405 g/mol. The maximum atomic E-state index is 12.3. The molecule has 0 heterocycles. The third-order valence-corrected chi connectivity index (χ3v) is 5.37. The Kier molecular flexibility index (Phi) is 7.60. The van der Waals surface area contributed by atoms with E-state index in [1.54, 1.807) is 42.5 Å². The number of hydrogen-bond donors (Lipinski definition) is 0. The smallest absolute Gasteiger partial charge is 0.321 e. The summed E-state index contributed by atoms with van der Waals surface area (Å²) in [6.07, 6.45) is 1.47. The first-order valence-corrected chi connectivity index (χ1v) is 9.92. The van der Waals surface area contributed by atoms with E-state index < -0.39 is 22.5 Å². The highest BCUT2D eigenvalue weighted by Crippen LogP contribution is 2.24. The van der Waals surface area contributed by atoms with Crippen LogP contribution in [0, 0.1) is 0 Å². The maximum Gasteiger partial charge on any atom is 0.321 e. The van der Waals surface area contributed by atoms with Gasteiger partial charge in [0.1, 0.15) is 24.7 Å². The van der Waals surface area contributed by atoms with Crippen LogP contribution in [0.15, 0.2) is 53.9 Å². The van der Waals surface area contributed by atoms with Crippen molar-refractivity contribution >= 4 is 22.1 Å². The molecular formula is C20H23NO6S. The third-order valence-electron chi connectivity index (χ3n) is 3.89. The number of carbonyl (C=O) groups is 1. The molecule has 0 amide bonds. The van der Waals surface area contributed by atoms with Crippen LogP contribution in [0.2, 0.25) is 0 Å². The Morgan fingerprint density at radius 3 is 2.43 bits per heavy atom. The van der Waals surface area contributed by atoms with Crippen molar-refractivity contribution in [2.24, 2.45) is 0 Å². The fraction of sp³-hybridized carbons (Fsp3) is 0.250. The Bertz CT molecular complexity index is 925. The first-order valence-electron chi connectivity index (χ1n) is 8.41. The average Bonchev–Trinajstić information content (AvgIpc) is 2.71. The fourth-order valence-corrected chi connectivity index (χ4v) is 3.13. The van der Waals surface area contributed by atoms with Crippen LogP contribution in [0.4, 0.5) is 0 Å². The second kappa shape index (κ2) is 9.91. The molecule has 8 heteroatoms. The largest absolute Gasteiger partial charge is 0.497 e. The molecule has 0 aliphatic rings. The summed E-state index contributed by atoms with van der Waals surface area (Å²) < 4.78 is 41.1. The highest BCUT2D eigenvalue weighted by atomic mass is 32.2. The summed E-state index contributed by atoms with van der Waals surface area (Å²) in [7, 11) is 0.599. The van der Waals surface area contributed by atoms with Crippen LogP contribution in [0.5, 0.6) is 11.5 Å². The topological polar surface area (TPSA) is 82.1 Å². The van der Waals surface area contributed by atoms with Gasteiger partial charge in [-0.2, -0.15) is 4.31 Å². The van der Waals surface area contributed by atoms with Crippen LogP contribution in [-0.2, 0) is 26.2 Å². The van der Waals surface area contributed by atoms with E-state index in [1.807, 2.05) is 6.07 Å². The summed E-state index contributed by atoms with van der Waals surface area (Å²) in [6, 6.07) is 14.1. The van der Waals surface area contributed by atoms with E-state index in [-0.39, 0.29) is 6.61 Å². The van der Waals surface area contributed by atoms with E-state index in [0.717, 1.165) is 15.3 Å². The summed E-state index contributed by atoms with van der Waals surface area (Å²) in [5.74, 6) is 0.460. The van der Waals surface area contributed by atoms with Crippen LogP contribution in [0.3, 0.4) is 0 Å². The van der Waals surface area contributed by atoms with Crippen molar-refractivity contribution in [3.8, 4) is 11.5 Å². The van der Waals surface area contributed by atoms with Gasteiger partial charge in [-0.3, -0.25) is 4.79 Å². The van der Waals surface area contributed by atoms with E-state index >= 15 is 0 Å². The zero-order valence-electron chi connectivity index (χ0n) is 16.0. The van der Waals surface area contributed by atoms with E-state index in [4.69, 9.17) is 14.2 Å². The number of hydrogen-bond acceptors (Lipinski definition) is 6. The molecule has 0 aromatic heterocycles. The Morgan fingerprint density at radius 2 is 1.79 bits per heavy atom. The fourth-order valence-electron chi connectivity index (χ4n) is 2.30. The molecule has 2 rings (SSSR count). The summed E-state index contributed by atoms with van der Waals surface area (Å²) in [4.78, 5) is 12.1. The SMILES string of the molecule is COc1ccc(OC)c(COC(=O)CN(C)S(=O)(=O)/C=C/c2ccccc2)c1. The van der Waals surface area contributed by atoms with Crippen LogP contribution >= 0.6 is 0 Å². The summed E-state index contributed by atoms with van der Waals surface area (Å²) in [6.45, 7) is -0.472. The molecular weight excluding hydrogens is 382 g/mol. The molecule has 0 saturated heterocycles. The summed E-state index contributed by atoms with van der Waals surface area (Å²) in [5.41, 5.74) is 1.36. The van der Waals surface area contributed by atoms with E-state index in [2.05, 4.69) is 0 Å². The van der Waals surface area contributed by atoms with Crippen LogP contribution in [-0.4, -0.2) is 46.5 Å². The molecule has 0 saturated carbocycles. The number of methoxy groups -OCH3 is 2. The second-order valence-corrected chi connectivity index (χ2v) is 7.78. The van der Waals surface area contributed by atoms with Crippen LogP contribution < -0.4 is 9.47 Å². The molecule has 0 radical (unpaired) electrons. The minimum Gasteiger partial charge on any atom is -0.497 e. The number of esters is 1. The van der Waals surface area contributed by atoms with E-state index in [0.29, 0.717) is 17.1 Å². The van der Waals surface area contributed by atoms with Crippen molar-refractivity contribution in [1.82, 2.24) is 4.31 Å². The quantitative estimate of drug-likeness (QED) is 0.597. The van der Waals surface area contributed by atoms with Gasteiger partial charge in [0, 0.05) is 18.0 Å². The van der Waals surface area contributed by atoms with Gasteiger partial charge in [-0.05, 0) is 29.8 Å². The van der Waals surface area contributed by atoms with Crippen LogP contribution in [0.1, 0.15) is 11.1 Å². The number of benzene rings is 2. The van der Waals surface area contributed by atoms with Crippen molar-refractivity contribution in [3.05, 3.63) is 65.1 Å². The number of ether oxygens (including phenoxy) is 3. The first-order chi connectivity index (χ1) is 13.4. The van der Waals surface area contributed by atoms with Gasteiger partial charge in [-0.15, -0.1) is 0 Å². The molecule has 0 N–H and O–H groups in total. The molecule has 0 bridgehead atoms. The van der Waals surface area contributed by atoms with Gasteiger partial charge < -0.3 is 14.2 Å². The first kappa shape index (κ1) is 21.5. The Labute approximate surface area is 165 Å². The molecule has 150 valence electrons. The second-order valence-electron chi connectivity index (χ2n) is 5.85. The molecule has 2 aromatic rings. The number of sulfonamides is 1. The highest BCUT2D eigenvalue weighted by molar-refractivity contribution is 7.92. The molecule has 2 aromatic carbocycles. The Morgan fingerprint density at radius 1 is 1.07 bits per heavy atom. The normalized spacial score (nSPS) is 11.6. The minimum absolute atomic E-state index is 0.0626. The van der Waals surface area contributed by atoms with Crippen molar-refractivity contribution in [2.75, 3.05) is 27.8 Å². The molecule has 0 aliphatic carbocycles. The van der Waals surface area contributed by atoms with E-state index in [9.17, 15) is 13.2 Å². The van der Waals surface area contributed by atoms with Crippen molar-refractivity contribution in [2.45, 2.75) is 6.61 Å². The summed E-state index contributed by atoms with van der Waals surface area (Å²) in [5, 5.41) is 1.06. The number of rotatable bonds is 9. The lowest BCUT2D eigenvalue weighted by molar-refractivity contribution is -0.144. The third kappa shape index (κ3) is 6.11. The highest BCUT2D eigenvalue weighted by Gasteiger charge is 2.19. The minimum atomic E-state index is -3.75. The van der Waals surface area contributed by atoms with Crippen molar-refractivity contribution in [3.63, 3.8) is 0 Å². The van der Waals surface area contributed by atoms with Gasteiger partial charge in [0.25, 0.3) is 0 Å². The lowest BCUT2D eigenvalue weighted by atomic mass is 10.2. The molecule has 0 aliphatic heterocycles. The molecule has 7 nitrogen and oxygen atoms in total. The predicted octanol–water partition coefficient (Wildman–Crippen LogP) is 2.68. The van der Waals surface area contributed by atoms with Crippen molar-refractivity contribution < 1.29 is 27.4 Å². The van der Waals surface area contributed by atoms with Crippen LogP contribution in [0.25, 0.3) is 6.08 Å². The predicted molar refractivity (Wildman–Crippen MR) is 106 cm³/mol. The zero-order chi connectivity index (χ0) is 20.6. The molecule has 28 heavy (non-hydrogen) atoms. The number of carbonyl (C=O) groups excluding carboxylic acids is 1. The summed E-state index contributed by atoms with van der Waals surface area (Å²) >= 11 is 0. The molecule has 0 spiro atoms. The zero-order valence-corrected chi connectivity index (χ0v) is 16.8. The molecule has 0 atom stereocenters. The average molecular weight is 405 g/mol. The Balaban J connectivity index is 1.96. The van der Waals surface area contributed by atoms with Gasteiger partial charge in [0.15, 0.2) is 0 Å². The number of likely N-dealkylation sites (N-methyl/N-ethyl adjacent to an activating group) is 1.